The van der Waals surface area contributed by atoms with Gasteiger partial charge in [0.2, 0.25) is 0 Å². The average Bonchev–Trinajstić information content (AvgIpc) is 3.64. The molecule has 5 heterocycles. The number of hydrogen-bond donors (Lipinski definition) is 2. The number of alkyl halides is 2. The first-order chi connectivity index (χ1) is 19.3. The lowest BCUT2D eigenvalue weighted by Gasteiger charge is -2.15. The molecule has 5 aromatic rings. The van der Waals surface area contributed by atoms with Crippen molar-refractivity contribution >= 4 is 28.6 Å². The number of fused-ring (bicyclic) bond motifs is 1. The first kappa shape index (κ1) is 25.8. The quantitative estimate of drug-likeness (QED) is 0.307. The van der Waals surface area contributed by atoms with Gasteiger partial charge in [0.15, 0.2) is 0 Å². The van der Waals surface area contributed by atoms with Gasteiger partial charge < -0.3 is 4.98 Å². The lowest BCUT2D eigenvalue weighted by molar-refractivity contribution is 0.0115. The number of nitrogens with one attached hydrogen (secondary N) is 2. The highest BCUT2D eigenvalue weighted by molar-refractivity contribution is 5.96. The molecule has 6 rings (SSSR count). The Morgan fingerprint density at radius 2 is 2.02 bits per heavy atom. The second-order valence-corrected chi connectivity index (χ2v) is 10.1. The van der Waals surface area contributed by atoms with Crippen LogP contribution >= 0.6 is 0 Å². The van der Waals surface area contributed by atoms with Crippen LogP contribution in [0.1, 0.15) is 24.5 Å². The van der Waals surface area contributed by atoms with E-state index in [0.29, 0.717) is 35.6 Å². The van der Waals surface area contributed by atoms with Crippen molar-refractivity contribution in [2.24, 2.45) is 0 Å². The van der Waals surface area contributed by atoms with Gasteiger partial charge in [-0.05, 0) is 60.0 Å². The number of aromatic amines is 2. The number of aromatic nitrogens is 5. The smallest absolute Gasteiger partial charge is 0.261 e. The van der Waals surface area contributed by atoms with Crippen LogP contribution in [0.3, 0.4) is 0 Å². The summed E-state index contributed by atoms with van der Waals surface area (Å²) >= 11 is 0. The van der Waals surface area contributed by atoms with E-state index in [9.17, 15) is 13.2 Å². The zero-order valence-corrected chi connectivity index (χ0v) is 21.9. The molecule has 6 nitrogen and oxygen atoms in total. The van der Waals surface area contributed by atoms with Gasteiger partial charge in [-0.15, -0.1) is 0 Å². The van der Waals surface area contributed by atoms with E-state index < -0.39 is 5.92 Å². The Morgan fingerprint density at radius 3 is 2.80 bits per heavy atom. The maximum atomic E-state index is 13.9. The Labute approximate surface area is 228 Å². The predicted octanol–water partition coefficient (Wildman–Crippen LogP) is 5.29. The van der Waals surface area contributed by atoms with E-state index in [4.69, 9.17) is 0 Å². The molecule has 40 heavy (non-hydrogen) atoms. The van der Waals surface area contributed by atoms with Crippen molar-refractivity contribution in [3.05, 3.63) is 95.1 Å². The molecule has 0 unspecified atom stereocenters. The zero-order valence-electron chi connectivity index (χ0n) is 21.9. The second kappa shape index (κ2) is 10.2. The monoisotopic (exact) mass is 540 g/mol. The minimum Gasteiger partial charge on any atom is -0.353 e. The molecule has 0 saturated carbocycles. The van der Waals surface area contributed by atoms with Crippen LogP contribution in [-0.4, -0.2) is 49.1 Å². The number of nitrogens with zero attached hydrogens (tertiary/aromatic N) is 4. The number of benzene rings is 1. The third-order valence-electron chi connectivity index (χ3n) is 7.16. The van der Waals surface area contributed by atoms with Crippen molar-refractivity contribution in [3.8, 4) is 22.6 Å². The average molecular weight is 541 g/mol. The zero-order chi connectivity index (χ0) is 27.9. The van der Waals surface area contributed by atoms with Gasteiger partial charge in [-0.25, -0.2) is 13.2 Å². The van der Waals surface area contributed by atoms with Crippen molar-refractivity contribution < 1.29 is 13.2 Å². The molecular weight excluding hydrogens is 513 g/mol. The summed E-state index contributed by atoms with van der Waals surface area (Å²) in [5.74, 6) is -2.96. The fraction of sp³-hybridized carbons (Fsp3) is 0.194. The molecule has 2 N–H and O–H groups in total. The van der Waals surface area contributed by atoms with Gasteiger partial charge in [-0.2, -0.15) is 5.10 Å². The standard InChI is InChI=1S/C31H27F3N6/c1-3-26-24(11-19(2)22-12-20(15-35-16-22)17-40-10-8-31(33,34)18-40)30(39-38-26)28-14-25-27(37-28)7-9-36-29(25)21-5-4-6-23(32)13-21/h3-7,9,11-16,37-38H,2,8,10,17-18H2,1H3/b24-11+,26-3+. The van der Waals surface area contributed by atoms with Gasteiger partial charge in [0.25, 0.3) is 5.92 Å². The van der Waals surface area contributed by atoms with E-state index in [1.807, 2.05) is 43.3 Å². The van der Waals surface area contributed by atoms with Crippen molar-refractivity contribution in [1.29, 1.82) is 0 Å². The number of hydrogen-bond acceptors (Lipinski definition) is 4. The SMILES string of the molecule is C=C(/C=c1/c(-c2cc3c(-c4cccc(F)c4)nccc3[nH]2)n[nH]/c1=C/C)c1cncc(CN2CCC(F)(F)C2)c1. The normalized spacial score (nSPS) is 16.3. The first-order valence-corrected chi connectivity index (χ1v) is 13.0. The lowest BCUT2D eigenvalue weighted by atomic mass is 10.0. The third-order valence-corrected chi connectivity index (χ3v) is 7.16. The highest BCUT2D eigenvalue weighted by Crippen LogP contribution is 2.30. The van der Waals surface area contributed by atoms with Gasteiger partial charge in [-0.3, -0.25) is 20.0 Å². The molecule has 9 heteroatoms. The van der Waals surface area contributed by atoms with Gasteiger partial charge >= 0.3 is 0 Å². The summed E-state index contributed by atoms with van der Waals surface area (Å²) in [7, 11) is 0. The summed E-state index contributed by atoms with van der Waals surface area (Å²) < 4.78 is 41.2. The van der Waals surface area contributed by atoms with E-state index in [2.05, 4.69) is 31.7 Å². The van der Waals surface area contributed by atoms with Crippen LogP contribution in [0, 0.1) is 5.82 Å². The number of H-pyrrole nitrogens is 2. The van der Waals surface area contributed by atoms with Crippen LogP contribution in [0.25, 0.3) is 51.3 Å². The number of likely N-dealkylation sites (tertiary alicyclic amines) is 1. The molecule has 0 amide bonds. The third kappa shape index (κ3) is 5.08. The molecule has 1 saturated heterocycles. The molecule has 0 atom stereocenters. The molecule has 0 bridgehead atoms. The van der Waals surface area contributed by atoms with Gasteiger partial charge in [0, 0.05) is 59.8 Å². The lowest BCUT2D eigenvalue weighted by Crippen LogP contribution is -2.25. The summed E-state index contributed by atoms with van der Waals surface area (Å²) in [4.78, 5) is 14.0. The van der Waals surface area contributed by atoms with E-state index in [1.54, 1.807) is 29.6 Å². The Morgan fingerprint density at radius 1 is 1.15 bits per heavy atom. The fourth-order valence-corrected chi connectivity index (χ4v) is 5.19. The van der Waals surface area contributed by atoms with Crippen LogP contribution in [-0.2, 0) is 6.54 Å². The molecule has 1 aliphatic heterocycles. The number of rotatable bonds is 6. The van der Waals surface area contributed by atoms with Crippen LogP contribution < -0.4 is 10.6 Å². The summed E-state index contributed by atoms with van der Waals surface area (Å²) in [6.07, 6.45) is 8.87. The summed E-state index contributed by atoms with van der Waals surface area (Å²) in [5, 5.41) is 10.2. The maximum absolute atomic E-state index is 13.9. The number of pyridine rings is 2. The Kier molecular flexibility index (Phi) is 6.59. The van der Waals surface area contributed by atoms with E-state index in [1.165, 1.54) is 12.1 Å². The second-order valence-electron chi connectivity index (χ2n) is 10.1. The molecule has 1 fully saturated rings. The minimum absolute atomic E-state index is 0.117. The first-order valence-electron chi connectivity index (χ1n) is 13.0. The summed E-state index contributed by atoms with van der Waals surface area (Å²) in [5.41, 5.74) is 6.04. The van der Waals surface area contributed by atoms with Crippen LogP contribution in [0.4, 0.5) is 13.2 Å². The van der Waals surface area contributed by atoms with Gasteiger partial charge in [-0.1, -0.05) is 24.8 Å². The molecule has 0 spiro atoms. The van der Waals surface area contributed by atoms with Crippen LogP contribution in [0.15, 0.2) is 67.6 Å². The largest absolute Gasteiger partial charge is 0.353 e. The number of allylic oxidation sites excluding steroid dienone is 1. The molecule has 1 aromatic carbocycles. The van der Waals surface area contributed by atoms with Crippen molar-refractivity contribution in [3.63, 3.8) is 0 Å². The van der Waals surface area contributed by atoms with Crippen molar-refractivity contribution in [1.82, 2.24) is 30.0 Å². The maximum Gasteiger partial charge on any atom is 0.261 e. The Hall–Kier alpha value is -4.50. The number of halogens is 3. The molecule has 0 radical (unpaired) electrons. The van der Waals surface area contributed by atoms with Gasteiger partial charge in [0.1, 0.15) is 11.5 Å². The fourth-order valence-electron chi connectivity index (χ4n) is 5.19. The van der Waals surface area contributed by atoms with E-state index in [-0.39, 0.29) is 18.8 Å². The molecule has 0 aliphatic carbocycles. The Bertz CT molecular complexity index is 1850. The highest BCUT2D eigenvalue weighted by atomic mass is 19.3. The van der Waals surface area contributed by atoms with E-state index >= 15 is 0 Å². The van der Waals surface area contributed by atoms with Gasteiger partial charge in [0.05, 0.1) is 23.3 Å². The van der Waals surface area contributed by atoms with Crippen LogP contribution in [0.5, 0.6) is 0 Å². The highest BCUT2D eigenvalue weighted by Gasteiger charge is 2.37. The van der Waals surface area contributed by atoms with E-state index in [0.717, 1.165) is 38.3 Å². The summed E-state index contributed by atoms with van der Waals surface area (Å²) in [6, 6.07) is 12.1. The molecular formula is C31H27F3N6. The molecule has 202 valence electrons. The van der Waals surface area contributed by atoms with Crippen LogP contribution in [0.2, 0.25) is 0 Å². The minimum atomic E-state index is -2.64. The predicted molar refractivity (Wildman–Crippen MR) is 151 cm³/mol. The topological polar surface area (TPSA) is 73.5 Å². The van der Waals surface area contributed by atoms with Crippen molar-refractivity contribution in [2.45, 2.75) is 25.8 Å². The Balaban J connectivity index is 1.36. The molecule has 4 aromatic heterocycles. The van der Waals surface area contributed by atoms with Crippen molar-refractivity contribution in [2.75, 3.05) is 13.1 Å². The summed E-state index contributed by atoms with van der Waals surface area (Å²) in [6.45, 7) is 6.72. The molecule has 1 aliphatic rings.